The van der Waals surface area contributed by atoms with Crippen LogP contribution in [-0.4, -0.2) is 10.4 Å². The van der Waals surface area contributed by atoms with Crippen LogP contribution in [0.15, 0.2) is 77.7 Å². The topological polar surface area (TPSA) is 48.3 Å². The van der Waals surface area contributed by atoms with Gasteiger partial charge < -0.3 is 9.30 Å². The second kappa shape index (κ2) is 8.52. The Hall–Kier alpha value is -3.80. The molecule has 0 bridgehead atoms. The molecule has 3 aromatic carbocycles. The fourth-order valence-electron chi connectivity index (χ4n) is 3.38. The average molecular weight is 419 g/mol. The molecule has 0 saturated heterocycles. The lowest BCUT2D eigenvalue weighted by Crippen LogP contribution is -2.18. The second-order valence-corrected chi connectivity index (χ2v) is 7.28. The van der Waals surface area contributed by atoms with Crippen molar-refractivity contribution in [1.82, 2.24) is 4.57 Å². The van der Waals surface area contributed by atoms with E-state index in [2.05, 4.69) is 0 Å². The quantitative estimate of drug-likeness (QED) is 0.408. The maximum atomic E-state index is 13.2. The third-order valence-corrected chi connectivity index (χ3v) is 5.02. The van der Waals surface area contributed by atoms with Crippen molar-refractivity contribution >= 4 is 16.7 Å². The van der Waals surface area contributed by atoms with Gasteiger partial charge in [-0.15, -0.1) is 0 Å². The minimum Gasteiger partial charge on any atom is -0.489 e. The summed E-state index contributed by atoms with van der Waals surface area (Å²) >= 11 is 0. The van der Waals surface area contributed by atoms with Gasteiger partial charge in [0.05, 0.1) is 16.5 Å². The van der Waals surface area contributed by atoms with Gasteiger partial charge in [0.1, 0.15) is 24.0 Å². The van der Waals surface area contributed by atoms with Crippen LogP contribution in [0, 0.1) is 11.6 Å². The van der Waals surface area contributed by atoms with Gasteiger partial charge in [0.15, 0.2) is 11.2 Å². The van der Waals surface area contributed by atoms with Gasteiger partial charge >= 0.3 is 0 Å². The number of carbonyl (C=O) groups is 1. The summed E-state index contributed by atoms with van der Waals surface area (Å²) < 4.78 is 33.9. The number of carbonyl (C=O) groups excluding carboxylic acids is 1. The van der Waals surface area contributed by atoms with Gasteiger partial charge in [0.25, 0.3) is 0 Å². The highest BCUT2D eigenvalue weighted by Gasteiger charge is 2.14. The van der Waals surface area contributed by atoms with Crippen LogP contribution in [0.25, 0.3) is 10.9 Å². The van der Waals surface area contributed by atoms with E-state index >= 15 is 0 Å². The first kappa shape index (κ1) is 20.5. The van der Waals surface area contributed by atoms with Crippen LogP contribution in [0.5, 0.6) is 5.75 Å². The highest BCUT2D eigenvalue weighted by atomic mass is 19.1. The van der Waals surface area contributed by atoms with Crippen LogP contribution in [0.4, 0.5) is 8.78 Å². The van der Waals surface area contributed by atoms with Gasteiger partial charge in [-0.2, -0.15) is 0 Å². The van der Waals surface area contributed by atoms with Crippen LogP contribution in [0.2, 0.25) is 0 Å². The molecule has 4 rings (SSSR count). The van der Waals surface area contributed by atoms with Crippen molar-refractivity contribution in [3.05, 3.63) is 111 Å². The Labute approximate surface area is 177 Å². The SMILES string of the molecule is CC(=O)c1cn(Cc2ccc(F)cc2)c2ccc(OCc3ccc(F)cc3)cc2c1=O. The van der Waals surface area contributed by atoms with E-state index in [1.165, 1.54) is 37.4 Å². The normalized spacial score (nSPS) is 10.9. The van der Waals surface area contributed by atoms with Crippen molar-refractivity contribution < 1.29 is 18.3 Å². The third kappa shape index (κ3) is 4.53. The highest BCUT2D eigenvalue weighted by Crippen LogP contribution is 2.22. The number of ketones is 1. The van der Waals surface area contributed by atoms with E-state index < -0.39 is 0 Å². The lowest BCUT2D eigenvalue weighted by atomic mass is 10.1. The van der Waals surface area contributed by atoms with Gasteiger partial charge in [0, 0.05) is 12.7 Å². The first-order chi connectivity index (χ1) is 14.9. The molecule has 0 amide bonds. The van der Waals surface area contributed by atoms with Crippen molar-refractivity contribution in [1.29, 1.82) is 0 Å². The Kier molecular flexibility index (Phi) is 5.62. The number of halogens is 2. The second-order valence-electron chi connectivity index (χ2n) is 7.28. The molecule has 1 heterocycles. The number of aromatic nitrogens is 1. The summed E-state index contributed by atoms with van der Waals surface area (Å²) in [5.41, 5.74) is 1.95. The zero-order valence-corrected chi connectivity index (χ0v) is 16.8. The molecule has 0 fully saturated rings. The third-order valence-electron chi connectivity index (χ3n) is 5.02. The minimum absolute atomic E-state index is 0.0743. The summed E-state index contributed by atoms with van der Waals surface area (Å²) in [6.07, 6.45) is 1.54. The van der Waals surface area contributed by atoms with Crippen LogP contribution in [0.3, 0.4) is 0 Å². The Morgan fingerprint density at radius 2 is 1.52 bits per heavy atom. The summed E-state index contributed by atoms with van der Waals surface area (Å²) in [4.78, 5) is 25.0. The van der Waals surface area contributed by atoms with E-state index in [-0.39, 0.29) is 35.0 Å². The monoisotopic (exact) mass is 419 g/mol. The molecule has 0 atom stereocenters. The summed E-state index contributed by atoms with van der Waals surface area (Å²) in [7, 11) is 0. The summed E-state index contributed by atoms with van der Waals surface area (Å²) in [5.74, 6) is -0.533. The number of hydrogen-bond acceptors (Lipinski definition) is 3. The first-order valence-corrected chi connectivity index (χ1v) is 9.70. The van der Waals surface area contributed by atoms with Gasteiger partial charge in [-0.1, -0.05) is 24.3 Å². The lowest BCUT2D eigenvalue weighted by Gasteiger charge is -2.14. The Morgan fingerprint density at radius 3 is 2.13 bits per heavy atom. The molecule has 0 aliphatic heterocycles. The fraction of sp³-hybridized carbons (Fsp3) is 0.120. The van der Waals surface area contributed by atoms with Crippen LogP contribution in [0.1, 0.15) is 28.4 Å². The standard InChI is InChI=1S/C25H19F2NO3/c1-16(29)23-14-28(13-17-2-6-19(26)7-3-17)24-11-10-21(12-22(24)25(23)30)31-15-18-4-8-20(27)9-5-18/h2-12,14H,13,15H2,1H3. The van der Waals surface area contributed by atoms with Gasteiger partial charge in [-0.3, -0.25) is 9.59 Å². The van der Waals surface area contributed by atoms with Crippen molar-refractivity contribution in [2.45, 2.75) is 20.1 Å². The number of fused-ring (bicyclic) bond motifs is 1. The van der Waals surface area contributed by atoms with E-state index in [1.54, 1.807) is 47.0 Å². The summed E-state index contributed by atoms with van der Waals surface area (Å²) in [6, 6.07) is 17.1. The zero-order valence-electron chi connectivity index (χ0n) is 16.8. The van der Waals surface area contributed by atoms with Crippen molar-refractivity contribution in [3.63, 3.8) is 0 Å². The number of Topliss-reactive ketones (excluding diaryl/α,β-unsaturated/α-hetero) is 1. The van der Waals surface area contributed by atoms with E-state index in [9.17, 15) is 18.4 Å². The number of ether oxygens (including phenoxy) is 1. The highest BCUT2D eigenvalue weighted by molar-refractivity contribution is 5.97. The Morgan fingerprint density at radius 1 is 0.903 bits per heavy atom. The lowest BCUT2D eigenvalue weighted by molar-refractivity contribution is 0.101. The van der Waals surface area contributed by atoms with E-state index in [1.807, 2.05) is 0 Å². The predicted octanol–water partition coefficient (Wildman–Crippen LogP) is 5.11. The average Bonchev–Trinajstić information content (AvgIpc) is 2.76. The molecular weight excluding hydrogens is 400 g/mol. The molecular formula is C25H19F2NO3. The number of hydrogen-bond donors (Lipinski definition) is 0. The molecule has 4 aromatic rings. The zero-order chi connectivity index (χ0) is 22.0. The van der Waals surface area contributed by atoms with Crippen molar-refractivity contribution in [2.75, 3.05) is 0 Å². The number of nitrogens with zero attached hydrogens (tertiary/aromatic N) is 1. The molecule has 0 radical (unpaired) electrons. The smallest absolute Gasteiger partial charge is 0.200 e. The van der Waals surface area contributed by atoms with E-state index in [0.717, 1.165) is 11.1 Å². The molecule has 4 nitrogen and oxygen atoms in total. The number of benzene rings is 3. The minimum atomic E-state index is -0.370. The van der Waals surface area contributed by atoms with Crippen molar-refractivity contribution in [3.8, 4) is 5.75 Å². The maximum absolute atomic E-state index is 13.2. The van der Waals surface area contributed by atoms with Gasteiger partial charge in [0.2, 0.25) is 0 Å². The summed E-state index contributed by atoms with van der Waals surface area (Å²) in [6.45, 7) is 1.93. The molecule has 0 unspecified atom stereocenters. The largest absolute Gasteiger partial charge is 0.489 e. The molecule has 6 heteroatoms. The molecule has 0 saturated carbocycles. The van der Waals surface area contributed by atoms with Crippen LogP contribution in [-0.2, 0) is 13.2 Å². The Bertz CT molecular complexity index is 1310. The number of pyridine rings is 1. The molecule has 0 aliphatic carbocycles. The molecule has 156 valence electrons. The summed E-state index contributed by atoms with van der Waals surface area (Å²) in [5, 5.41) is 0.353. The first-order valence-electron chi connectivity index (χ1n) is 9.70. The predicted molar refractivity (Wildman–Crippen MR) is 114 cm³/mol. The van der Waals surface area contributed by atoms with E-state index in [4.69, 9.17) is 4.74 Å². The van der Waals surface area contributed by atoms with Crippen molar-refractivity contribution in [2.24, 2.45) is 0 Å². The molecule has 0 N–H and O–H groups in total. The van der Waals surface area contributed by atoms with Gasteiger partial charge in [-0.05, 0) is 60.5 Å². The number of rotatable bonds is 6. The molecule has 31 heavy (non-hydrogen) atoms. The molecule has 1 aromatic heterocycles. The van der Waals surface area contributed by atoms with Crippen LogP contribution >= 0.6 is 0 Å². The van der Waals surface area contributed by atoms with Crippen LogP contribution < -0.4 is 10.2 Å². The molecule has 0 spiro atoms. The fourth-order valence-corrected chi connectivity index (χ4v) is 3.38. The Balaban J connectivity index is 1.71. The maximum Gasteiger partial charge on any atom is 0.200 e. The van der Waals surface area contributed by atoms with Gasteiger partial charge in [-0.25, -0.2) is 8.78 Å². The van der Waals surface area contributed by atoms with E-state index in [0.29, 0.717) is 23.2 Å². The molecule has 0 aliphatic rings.